The number of nitrogens with zero attached hydrogens (tertiary/aromatic N) is 4. The lowest BCUT2D eigenvalue weighted by Gasteiger charge is -2.09. The van der Waals surface area contributed by atoms with Gasteiger partial charge in [-0.05, 0) is 51.3 Å². The Morgan fingerprint density at radius 2 is 2.00 bits per heavy atom. The Morgan fingerprint density at radius 1 is 1.24 bits per heavy atom. The van der Waals surface area contributed by atoms with Gasteiger partial charge in [-0.25, -0.2) is 4.39 Å². The monoisotopic (exact) mass is 412 g/mol. The first-order valence-electron chi connectivity index (χ1n) is 10.0. The van der Waals surface area contributed by atoms with Crippen molar-refractivity contribution in [3.05, 3.63) is 53.1 Å². The Bertz CT molecular complexity index is 1050. The van der Waals surface area contributed by atoms with Crippen LogP contribution in [0.2, 0.25) is 0 Å². The molecule has 7 heteroatoms. The van der Waals surface area contributed by atoms with Gasteiger partial charge < -0.3 is 4.57 Å². The fraction of sp³-hybridized carbons (Fsp3) is 0.409. The minimum Gasteiger partial charge on any atom is -0.348 e. The predicted molar refractivity (Wildman–Crippen MR) is 113 cm³/mol. The number of thioether (sulfide) groups is 1. The number of halogens is 1. The molecular formula is C22H25FN4OS. The third-order valence-corrected chi connectivity index (χ3v) is 6.29. The van der Waals surface area contributed by atoms with Crippen molar-refractivity contribution >= 4 is 17.5 Å². The first-order valence-corrected chi connectivity index (χ1v) is 11.0. The number of hydrogen-bond donors (Lipinski definition) is 0. The fourth-order valence-electron chi connectivity index (χ4n) is 3.72. The molecule has 1 saturated carbocycles. The minimum atomic E-state index is -0.308. The Kier molecular flexibility index (Phi) is 5.58. The van der Waals surface area contributed by atoms with Gasteiger partial charge in [0.05, 0.1) is 11.3 Å². The van der Waals surface area contributed by atoms with Gasteiger partial charge in [0, 0.05) is 29.5 Å². The van der Waals surface area contributed by atoms with E-state index in [4.69, 9.17) is 0 Å². The number of Topliss-reactive ketones (excluding diaryl/α,β-unsaturated/α-hetero) is 1. The van der Waals surface area contributed by atoms with Gasteiger partial charge in [-0.2, -0.15) is 0 Å². The smallest absolute Gasteiger partial charge is 0.192 e. The van der Waals surface area contributed by atoms with Crippen LogP contribution < -0.4 is 0 Å². The highest BCUT2D eigenvalue weighted by atomic mass is 32.2. The van der Waals surface area contributed by atoms with E-state index >= 15 is 0 Å². The maximum atomic E-state index is 14.3. The third kappa shape index (κ3) is 3.88. The van der Waals surface area contributed by atoms with E-state index in [0.717, 1.165) is 42.8 Å². The van der Waals surface area contributed by atoms with Gasteiger partial charge >= 0.3 is 0 Å². The average Bonchev–Trinajstić information content (AvgIpc) is 3.40. The molecule has 0 saturated heterocycles. The molecule has 0 amide bonds. The van der Waals surface area contributed by atoms with Gasteiger partial charge in [-0.3, -0.25) is 9.36 Å². The van der Waals surface area contributed by atoms with Gasteiger partial charge in [0.15, 0.2) is 16.8 Å². The molecular weight excluding hydrogens is 387 g/mol. The minimum absolute atomic E-state index is 0.0863. The van der Waals surface area contributed by atoms with Crippen LogP contribution in [0.5, 0.6) is 0 Å². The van der Waals surface area contributed by atoms with Crippen molar-refractivity contribution in [2.75, 3.05) is 5.75 Å². The second-order valence-electron chi connectivity index (χ2n) is 7.54. The van der Waals surface area contributed by atoms with Gasteiger partial charge in [0.25, 0.3) is 0 Å². The van der Waals surface area contributed by atoms with Gasteiger partial charge in [0.2, 0.25) is 0 Å². The van der Waals surface area contributed by atoms with Crippen molar-refractivity contribution in [2.24, 2.45) is 0 Å². The quantitative estimate of drug-likeness (QED) is 0.376. The largest absolute Gasteiger partial charge is 0.348 e. The van der Waals surface area contributed by atoms with Crippen molar-refractivity contribution in [2.45, 2.75) is 57.8 Å². The van der Waals surface area contributed by atoms with E-state index in [1.807, 2.05) is 24.5 Å². The second kappa shape index (κ2) is 8.14. The van der Waals surface area contributed by atoms with Crippen LogP contribution in [0.3, 0.4) is 0 Å². The van der Waals surface area contributed by atoms with Crippen LogP contribution in [0.25, 0.3) is 11.4 Å². The summed E-state index contributed by atoms with van der Waals surface area (Å²) >= 11 is 1.38. The second-order valence-corrected chi connectivity index (χ2v) is 8.48. The number of aryl methyl sites for hydroxylation is 1. The molecule has 0 N–H and O–H groups in total. The van der Waals surface area contributed by atoms with Crippen LogP contribution in [-0.2, 0) is 6.54 Å². The standard InChI is InChI=1S/C22H25FN4OS/c1-4-11-26-14(2)12-18(15(26)3)20(28)13-29-22-25-24-21(27(22)16-9-10-16)17-7-5-6-8-19(17)23/h5-8,12,16H,4,9-11,13H2,1-3H3. The molecule has 5 nitrogen and oxygen atoms in total. The summed E-state index contributed by atoms with van der Waals surface area (Å²) in [6.45, 7) is 7.09. The summed E-state index contributed by atoms with van der Waals surface area (Å²) in [4.78, 5) is 12.9. The lowest BCUT2D eigenvalue weighted by atomic mass is 10.2. The molecule has 2 aromatic heterocycles. The van der Waals surface area contributed by atoms with E-state index in [-0.39, 0.29) is 17.6 Å². The van der Waals surface area contributed by atoms with E-state index in [1.165, 1.54) is 17.8 Å². The van der Waals surface area contributed by atoms with E-state index in [2.05, 4.69) is 21.7 Å². The summed E-state index contributed by atoms with van der Waals surface area (Å²) in [5, 5.41) is 9.22. The first kappa shape index (κ1) is 19.9. The Balaban J connectivity index is 1.56. The summed E-state index contributed by atoms with van der Waals surface area (Å²) < 4.78 is 18.5. The number of aromatic nitrogens is 4. The zero-order chi connectivity index (χ0) is 20.5. The van der Waals surface area contributed by atoms with E-state index in [9.17, 15) is 9.18 Å². The summed E-state index contributed by atoms with van der Waals surface area (Å²) in [6, 6.07) is 8.88. The normalized spacial score (nSPS) is 13.8. The molecule has 29 heavy (non-hydrogen) atoms. The van der Waals surface area contributed by atoms with Crippen LogP contribution >= 0.6 is 11.8 Å². The van der Waals surface area contributed by atoms with E-state index < -0.39 is 0 Å². The average molecular weight is 413 g/mol. The predicted octanol–water partition coefficient (Wildman–Crippen LogP) is 5.22. The molecule has 0 spiro atoms. The molecule has 4 rings (SSSR count). The maximum absolute atomic E-state index is 14.3. The van der Waals surface area contributed by atoms with Crippen LogP contribution in [0.4, 0.5) is 4.39 Å². The summed E-state index contributed by atoms with van der Waals surface area (Å²) in [5.74, 6) is 0.612. The molecule has 0 aliphatic heterocycles. The molecule has 0 radical (unpaired) electrons. The molecule has 1 aliphatic carbocycles. The third-order valence-electron chi connectivity index (χ3n) is 5.34. The number of hydrogen-bond acceptors (Lipinski definition) is 4. The Morgan fingerprint density at radius 3 is 2.69 bits per heavy atom. The number of benzene rings is 1. The van der Waals surface area contributed by atoms with Crippen molar-refractivity contribution in [3.63, 3.8) is 0 Å². The van der Waals surface area contributed by atoms with Crippen molar-refractivity contribution in [1.29, 1.82) is 0 Å². The first-order chi connectivity index (χ1) is 14.0. The molecule has 3 aromatic rings. The van der Waals surface area contributed by atoms with Gasteiger partial charge in [-0.15, -0.1) is 10.2 Å². The highest BCUT2D eigenvalue weighted by Gasteiger charge is 2.31. The van der Waals surface area contributed by atoms with Gasteiger partial charge in [0.1, 0.15) is 5.82 Å². The van der Waals surface area contributed by atoms with E-state index in [1.54, 1.807) is 18.2 Å². The zero-order valence-corrected chi connectivity index (χ0v) is 17.8. The molecule has 1 aromatic carbocycles. The Labute approximate surface area is 174 Å². The van der Waals surface area contributed by atoms with Crippen LogP contribution in [0.15, 0.2) is 35.5 Å². The summed E-state index contributed by atoms with van der Waals surface area (Å²) in [5.41, 5.74) is 3.36. The zero-order valence-electron chi connectivity index (χ0n) is 17.0. The summed E-state index contributed by atoms with van der Waals surface area (Å²) in [7, 11) is 0. The van der Waals surface area contributed by atoms with Crippen LogP contribution in [0, 0.1) is 19.7 Å². The number of rotatable bonds is 8. The molecule has 2 heterocycles. The maximum Gasteiger partial charge on any atom is 0.192 e. The SMILES string of the molecule is CCCn1c(C)cc(C(=O)CSc2nnc(-c3ccccc3F)n2C2CC2)c1C. The molecule has 0 unspecified atom stereocenters. The molecule has 0 atom stereocenters. The molecule has 152 valence electrons. The number of carbonyl (C=O) groups is 1. The van der Waals surface area contributed by atoms with Crippen molar-refractivity contribution in [3.8, 4) is 11.4 Å². The molecule has 0 bridgehead atoms. The van der Waals surface area contributed by atoms with Crippen LogP contribution in [-0.4, -0.2) is 30.9 Å². The highest BCUT2D eigenvalue weighted by molar-refractivity contribution is 7.99. The van der Waals surface area contributed by atoms with Crippen molar-refractivity contribution < 1.29 is 9.18 Å². The topological polar surface area (TPSA) is 52.7 Å². The lowest BCUT2D eigenvalue weighted by molar-refractivity contribution is 0.102. The van der Waals surface area contributed by atoms with E-state index in [0.29, 0.717) is 22.3 Å². The summed E-state index contributed by atoms with van der Waals surface area (Å²) in [6.07, 6.45) is 3.08. The molecule has 1 fully saturated rings. The van der Waals surface area contributed by atoms with Crippen molar-refractivity contribution in [1.82, 2.24) is 19.3 Å². The fourth-order valence-corrected chi connectivity index (χ4v) is 4.61. The lowest BCUT2D eigenvalue weighted by Crippen LogP contribution is -2.08. The highest BCUT2D eigenvalue weighted by Crippen LogP contribution is 2.41. The Hall–Kier alpha value is -2.41. The molecule has 1 aliphatic rings. The number of ketones is 1. The number of carbonyl (C=O) groups excluding carboxylic acids is 1. The van der Waals surface area contributed by atoms with Gasteiger partial charge in [-0.1, -0.05) is 30.8 Å². The van der Waals surface area contributed by atoms with Crippen LogP contribution in [0.1, 0.15) is 54.0 Å².